The first-order chi connectivity index (χ1) is 17.6. The molecule has 4 aromatic rings. The SMILES string of the molecule is CCC(NCCOc1ccc2c(Oc3ccc4c(C(=O)NC5CC5)c(C)oc4c3)ccnc2c1)OC. The van der Waals surface area contributed by atoms with E-state index in [0.717, 1.165) is 41.3 Å². The van der Waals surface area contributed by atoms with Crippen LogP contribution >= 0.6 is 0 Å². The Labute approximate surface area is 209 Å². The molecule has 2 aromatic heterocycles. The Hall–Kier alpha value is -3.62. The number of aromatic nitrogens is 1. The molecule has 2 heterocycles. The Morgan fingerprint density at radius 1 is 1.14 bits per heavy atom. The minimum atomic E-state index is -0.0831. The zero-order valence-corrected chi connectivity index (χ0v) is 20.8. The van der Waals surface area contributed by atoms with Crippen LogP contribution in [0.3, 0.4) is 0 Å². The van der Waals surface area contributed by atoms with Crippen molar-refractivity contribution in [3.05, 3.63) is 60.0 Å². The van der Waals surface area contributed by atoms with Gasteiger partial charge >= 0.3 is 0 Å². The number of ether oxygens (including phenoxy) is 3. The lowest BCUT2D eigenvalue weighted by Crippen LogP contribution is -2.33. The quantitative estimate of drug-likeness (QED) is 0.217. The van der Waals surface area contributed by atoms with E-state index in [1.165, 1.54) is 0 Å². The molecule has 1 aliphatic carbocycles. The maximum atomic E-state index is 12.7. The molecule has 1 atom stereocenters. The van der Waals surface area contributed by atoms with Gasteiger partial charge in [0.25, 0.3) is 5.91 Å². The van der Waals surface area contributed by atoms with Crippen LogP contribution in [0.5, 0.6) is 17.2 Å². The van der Waals surface area contributed by atoms with Gasteiger partial charge in [-0.3, -0.25) is 15.1 Å². The maximum absolute atomic E-state index is 12.7. The summed E-state index contributed by atoms with van der Waals surface area (Å²) in [6.07, 6.45) is 4.71. The summed E-state index contributed by atoms with van der Waals surface area (Å²) < 4.78 is 23.3. The predicted molar refractivity (Wildman–Crippen MR) is 138 cm³/mol. The molecule has 1 fully saturated rings. The fraction of sp³-hybridized carbons (Fsp3) is 0.357. The van der Waals surface area contributed by atoms with Crippen molar-refractivity contribution in [3.63, 3.8) is 0 Å². The summed E-state index contributed by atoms with van der Waals surface area (Å²) in [5, 5.41) is 7.97. The Balaban J connectivity index is 1.30. The van der Waals surface area contributed by atoms with Gasteiger partial charge in [-0.2, -0.15) is 0 Å². The van der Waals surface area contributed by atoms with Crippen molar-refractivity contribution in [1.29, 1.82) is 0 Å². The van der Waals surface area contributed by atoms with Gasteiger partial charge in [-0.15, -0.1) is 0 Å². The van der Waals surface area contributed by atoms with Gasteiger partial charge in [0.1, 0.15) is 41.4 Å². The molecule has 0 saturated heterocycles. The van der Waals surface area contributed by atoms with Crippen molar-refractivity contribution < 1.29 is 23.4 Å². The number of hydrogen-bond donors (Lipinski definition) is 2. The number of carbonyl (C=O) groups is 1. The molecule has 2 aromatic carbocycles. The van der Waals surface area contributed by atoms with Gasteiger partial charge in [0.05, 0.1) is 11.1 Å². The molecular weight excluding hydrogens is 458 g/mol. The van der Waals surface area contributed by atoms with Crippen LogP contribution in [0.4, 0.5) is 0 Å². The number of rotatable bonds is 11. The summed E-state index contributed by atoms with van der Waals surface area (Å²) in [6.45, 7) is 5.08. The van der Waals surface area contributed by atoms with Crippen LogP contribution in [0, 0.1) is 6.92 Å². The minimum Gasteiger partial charge on any atom is -0.492 e. The van der Waals surface area contributed by atoms with Gasteiger partial charge in [0, 0.05) is 48.8 Å². The van der Waals surface area contributed by atoms with E-state index in [1.807, 2.05) is 49.4 Å². The van der Waals surface area contributed by atoms with Crippen LogP contribution < -0.4 is 20.1 Å². The number of pyridine rings is 1. The third-order valence-corrected chi connectivity index (χ3v) is 6.28. The third kappa shape index (κ3) is 5.29. The van der Waals surface area contributed by atoms with Crippen molar-refractivity contribution >= 4 is 27.8 Å². The first-order valence-electron chi connectivity index (χ1n) is 12.4. The molecule has 36 heavy (non-hydrogen) atoms. The molecule has 0 bridgehead atoms. The molecule has 2 N–H and O–H groups in total. The van der Waals surface area contributed by atoms with E-state index in [4.69, 9.17) is 18.6 Å². The van der Waals surface area contributed by atoms with Gasteiger partial charge in [-0.25, -0.2) is 0 Å². The lowest BCUT2D eigenvalue weighted by molar-refractivity contribution is 0.0676. The van der Waals surface area contributed by atoms with Gasteiger partial charge in [0.2, 0.25) is 0 Å². The highest BCUT2D eigenvalue weighted by Crippen LogP contribution is 2.34. The number of hydrogen-bond acceptors (Lipinski definition) is 7. The molecule has 1 saturated carbocycles. The van der Waals surface area contributed by atoms with E-state index in [1.54, 1.807) is 13.3 Å². The van der Waals surface area contributed by atoms with E-state index in [9.17, 15) is 4.79 Å². The van der Waals surface area contributed by atoms with Crippen LogP contribution in [0.2, 0.25) is 0 Å². The number of furan rings is 1. The van der Waals surface area contributed by atoms with Crippen molar-refractivity contribution in [2.75, 3.05) is 20.3 Å². The number of fused-ring (bicyclic) bond motifs is 2. The smallest absolute Gasteiger partial charge is 0.255 e. The number of nitrogens with one attached hydrogen (secondary N) is 2. The van der Waals surface area contributed by atoms with E-state index in [-0.39, 0.29) is 18.2 Å². The molecule has 8 heteroatoms. The van der Waals surface area contributed by atoms with Crippen LogP contribution in [-0.2, 0) is 4.74 Å². The van der Waals surface area contributed by atoms with Gasteiger partial charge in [-0.05, 0) is 56.5 Å². The Morgan fingerprint density at radius 2 is 1.94 bits per heavy atom. The highest BCUT2D eigenvalue weighted by molar-refractivity contribution is 6.07. The van der Waals surface area contributed by atoms with Crippen LogP contribution in [0.1, 0.15) is 42.3 Å². The predicted octanol–water partition coefficient (Wildman–Crippen LogP) is 5.32. The molecule has 0 aliphatic heterocycles. The highest BCUT2D eigenvalue weighted by atomic mass is 16.5. The fourth-order valence-corrected chi connectivity index (χ4v) is 4.22. The number of amides is 1. The van der Waals surface area contributed by atoms with E-state index < -0.39 is 0 Å². The van der Waals surface area contributed by atoms with Crippen molar-refractivity contribution in [3.8, 4) is 17.2 Å². The molecule has 8 nitrogen and oxygen atoms in total. The zero-order valence-electron chi connectivity index (χ0n) is 20.8. The number of benzene rings is 2. The molecular formula is C28H31N3O5. The van der Waals surface area contributed by atoms with Crippen LogP contribution in [0.15, 0.2) is 53.1 Å². The normalized spacial score (nSPS) is 14.2. The second kappa shape index (κ2) is 10.6. The second-order valence-electron chi connectivity index (χ2n) is 8.96. The minimum absolute atomic E-state index is 0.0300. The van der Waals surface area contributed by atoms with Gasteiger partial charge in [0.15, 0.2) is 0 Å². The van der Waals surface area contributed by atoms with Crippen molar-refractivity contribution in [2.45, 2.75) is 45.4 Å². The molecule has 1 aliphatic rings. The molecule has 1 unspecified atom stereocenters. The highest BCUT2D eigenvalue weighted by Gasteiger charge is 2.27. The first-order valence-corrected chi connectivity index (χ1v) is 12.4. The summed E-state index contributed by atoms with van der Waals surface area (Å²) in [5.41, 5.74) is 1.98. The molecule has 0 spiro atoms. The van der Waals surface area contributed by atoms with E-state index >= 15 is 0 Å². The maximum Gasteiger partial charge on any atom is 0.255 e. The Morgan fingerprint density at radius 3 is 2.72 bits per heavy atom. The number of aryl methyl sites for hydroxylation is 1. The Kier molecular flexibility index (Phi) is 7.06. The topological polar surface area (TPSA) is 94.9 Å². The second-order valence-corrected chi connectivity index (χ2v) is 8.96. The number of methoxy groups -OCH3 is 1. The lowest BCUT2D eigenvalue weighted by atomic mass is 10.1. The number of nitrogens with zero attached hydrogens (tertiary/aromatic N) is 1. The first kappa shape index (κ1) is 24.1. The summed E-state index contributed by atoms with van der Waals surface area (Å²) >= 11 is 0. The Bertz CT molecular complexity index is 1370. The van der Waals surface area contributed by atoms with Gasteiger partial charge in [-0.1, -0.05) is 6.92 Å². The molecule has 0 radical (unpaired) electrons. The van der Waals surface area contributed by atoms with Crippen molar-refractivity contribution in [1.82, 2.24) is 15.6 Å². The van der Waals surface area contributed by atoms with Crippen LogP contribution in [0.25, 0.3) is 21.9 Å². The monoisotopic (exact) mass is 489 g/mol. The standard InChI is InChI=1S/C28H31N3O5/c1-4-26(33-3)30-13-14-34-19-7-9-21-23(15-19)29-12-11-24(21)36-20-8-10-22-25(16-20)35-17(2)27(22)28(32)31-18-5-6-18/h7-12,15-16,18,26,30H,4-6,13-14H2,1-3H3,(H,31,32). The summed E-state index contributed by atoms with van der Waals surface area (Å²) in [6, 6.07) is 13.4. The average Bonchev–Trinajstić information content (AvgIpc) is 3.63. The lowest BCUT2D eigenvalue weighted by Gasteiger charge is -2.15. The van der Waals surface area contributed by atoms with Crippen molar-refractivity contribution in [2.24, 2.45) is 0 Å². The van der Waals surface area contributed by atoms with Crippen LogP contribution in [-0.4, -0.2) is 43.4 Å². The molecule has 188 valence electrons. The zero-order chi connectivity index (χ0) is 25.1. The fourth-order valence-electron chi connectivity index (χ4n) is 4.22. The molecule has 5 rings (SSSR count). The third-order valence-electron chi connectivity index (χ3n) is 6.28. The van der Waals surface area contributed by atoms with Gasteiger partial charge < -0.3 is 23.9 Å². The largest absolute Gasteiger partial charge is 0.492 e. The number of carbonyl (C=O) groups excluding carboxylic acids is 1. The van der Waals surface area contributed by atoms with E-state index in [0.29, 0.717) is 41.6 Å². The summed E-state index contributed by atoms with van der Waals surface area (Å²) in [7, 11) is 1.69. The van der Waals surface area contributed by atoms with E-state index in [2.05, 4.69) is 22.5 Å². The summed E-state index contributed by atoms with van der Waals surface area (Å²) in [5.74, 6) is 2.55. The average molecular weight is 490 g/mol. The summed E-state index contributed by atoms with van der Waals surface area (Å²) in [4.78, 5) is 17.1. The molecule has 1 amide bonds.